The maximum absolute atomic E-state index is 14.2. The summed E-state index contributed by atoms with van der Waals surface area (Å²) in [6, 6.07) is 18.9. The largest absolute Gasteiger partial charge is 0.469 e. The lowest BCUT2D eigenvalue weighted by Gasteiger charge is -2.34. The molecule has 4 heterocycles. The highest BCUT2D eigenvalue weighted by Gasteiger charge is 2.42. The van der Waals surface area contributed by atoms with Crippen molar-refractivity contribution in [1.82, 2.24) is 35.1 Å². The zero-order valence-electron chi connectivity index (χ0n) is 37.4. The van der Waals surface area contributed by atoms with Crippen LogP contribution in [0.25, 0.3) is 44.5 Å². The van der Waals surface area contributed by atoms with Gasteiger partial charge in [0, 0.05) is 25.9 Å². The van der Waals surface area contributed by atoms with Gasteiger partial charge >= 0.3 is 5.97 Å². The van der Waals surface area contributed by atoms with Crippen LogP contribution in [-0.2, 0) is 36.8 Å². The topological polar surface area (TPSA) is 153 Å². The number of ether oxygens (including phenoxy) is 1. The summed E-state index contributed by atoms with van der Waals surface area (Å²) in [4.78, 5) is 72.9. The van der Waals surface area contributed by atoms with Gasteiger partial charge < -0.3 is 29.8 Å². The summed E-state index contributed by atoms with van der Waals surface area (Å²) >= 11 is 0. The van der Waals surface area contributed by atoms with Crippen LogP contribution in [0.5, 0.6) is 0 Å². The minimum atomic E-state index is -0.566. The molecule has 0 spiro atoms. The second kappa shape index (κ2) is 17.5. The van der Waals surface area contributed by atoms with Gasteiger partial charge in [-0.2, -0.15) is 0 Å². The molecule has 12 heteroatoms. The number of aromatic amines is 2. The molecule has 2 aromatic heterocycles. The summed E-state index contributed by atoms with van der Waals surface area (Å²) in [6.45, 7) is 14.6. The molecule has 8 rings (SSSR count). The van der Waals surface area contributed by atoms with Gasteiger partial charge in [0.25, 0.3) is 0 Å². The van der Waals surface area contributed by atoms with E-state index in [-0.39, 0.29) is 65.4 Å². The Kier molecular flexibility index (Phi) is 12.1. The van der Waals surface area contributed by atoms with E-state index in [1.165, 1.54) is 36.3 Å². The summed E-state index contributed by atoms with van der Waals surface area (Å²) in [5, 5.41) is 2.86. The van der Waals surface area contributed by atoms with Crippen molar-refractivity contribution in [1.29, 1.82) is 0 Å². The Morgan fingerprint density at radius 2 is 1.34 bits per heavy atom. The molecule has 2 fully saturated rings. The molecule has 326 valence electrons. The number of carbonyl (C=O) groups is 4. The monoisotopic (exact) mass is 839 g/mol. The number of imidazole rings is 2. The number of benzene rings is 3. The van der Waals surface area contributed by atoms with E-state index in [0.717, 1.165) is 83.6 Å². The third-order valence-electron chi connectivity index (χ3n) is 13.8. The molecule has 12 nitrogen and oxygen atoms in total. The van der Waals surface area contributed by atoms with Gasteiger partial charge in [-0.05, 0) is 113 Å². The van der Waals surface area contributed by atoms with E-state index in [9.17, 15) is 19.2 Å². The normalized spacial score (nSPS) is 19.3. The van der Waals surface area contributed by atoms with Gasteiger partial charge in [-0.15, -0.1) is 0 Å². The highest BCUT2D eigenvalue weighted by molar-refractivity contribution is 5.88. The lowest BCUT2D eigenvalue weighted by atomic mass is 9.76. The second-order valence-electron chi connectivity index (χ2n) is 18.5. The standard InChI is InChI=1S/C50H61N7O5/c1-27(2)44(29(5)30(6)50(61)62-8)48(59)56-21-9-11-42(56)46-51-26-41(55-46)36-16-19-38-35(24-36)14-13-34-23-32(15-18-37(34)38)33-17-20-39-40(25-33)54-47(53-39)43-12-10-22-57(43)49(60)45(28(3)4)52-31(7)58/h15-20,23-30,42-45H,9-14,21-22H2,1-8H3,(H,51,55)(H,52,58)(H,53,54). The number of nitrogens with zero attached hydrogens (tertiary/aromatic N) is 4. The number of esters is 1. The van der Waals surface area contributed by atoms with Crippen LogP contribution in [0, 0.1) is 29.6 Å². The summed E-state index contributed by atoms with van der Waals surface area (Å²) in [6.07, 6.45) is 7.19. The van der Waals surface area contributed by atoms with Gasteiger partial charge in [0.15, 0.2) is 0 Å². The lowest BCUT2D eigenvalue weighted by molar-refractivity contribution is -0.150. The van der Waals surface area contributed by atoms with Crippen LogP contribution in [0.2, 0.25) is 0 Å². The van der Waals surface area contributed by atoms with Crippen LogP contribution in [0.3, 0.4) is 0 Å². The van der Waals surface area contributed by atoms with E-state index < -0.39 is 6.04 Å². The molecule has 0 radical (unpaired) electrons. The molecule has 3 aromatic carbocycles. The molecule has 1 aliphatic carbocycles. The number of carbonyl (C=O) groups excluding carboxylic acids is 4. The average Bonchev–Trinajstić information content (AvgIpc) is 4.10. The molecular weight excluding hydrogens is 779 g/mol. The van der Waals surface area contributed by atoms with Crippen molar-refractivity contribution in [3.8, 4) is 33.5 Å². The molecule has 62 heavy (non-hydrogen) atoms. The summed E-state index contributed by atoms with van der Waals surface area (Å²) in [7, 11) is 1.40. The van der Waals surface area contributed by atoms with Crippen LogP contribution in [0.15, 0.2) is 60.8 Å². The Labute approximate surface area is 364 Å². The number of rotatable bonds is 12. The first kappa shape index (κ1) is 42.9. The first-order chi connectivity index (χ1) is 29.7. The van der Waals surface area contributed by atoms with E-state index in [2.05, 4.69) is 83.7 Å². The van der Waals surface area contributed by atoms with Crippen LogP contribution < -0.4 is 5.32 Å². The van der Waals surface area contributed by atoms with Crippen LogP contribution in [-0.4, -0.2) is 79.7 Å². The van der Waals surface area contributed by atoms with Gasteiger partial charge in [-0.3, -0.25) is 19.2 Å². The third-order valence-corrected chi connectivity index (χ3v) is 13.8. The predicted octanol–water partition coefficient (Wildman–Crippen LogP) is 8.59. The van der Waals surface area contributed by atoms with Crippen LogP contribution >= 0.6 is 0 Å². The predicted molar refractivity (Wildman–Crippen MR) is 240 cm³/mol. The second-order valence-corrected chi connectivity index (χ2v) is 18.5. The number of H-pyrrole nitrogens is 2. The number of likely N-dealkylation sites (tertiary alicyclic amines) is 2. The Hall–Kier alpha value is -5.78. The number of hydrogen-bond donors (Lipinski definition) is 3. The fourth-order valence-corrected chi connectivity index (χ4v) is 10.3. The molecule has 5 aromatic rings. The van der Waals surface area contributed by atoms with Gasteiger partial charge in [-0.1, -0.05) is 77.9 Å². The smallest absolute Gasteiger partial charge is 0.308 e. The molecule has 6 atom stereocenters. The Morgan fingerprint density at radius 1 is 0.742 bits per heavy atom. The minimum Gasteiger partial charge on any atom is -0.469 e. The Balaban J connectivity index is 0.977. The van der Waals surface area contributed by atoms with Crippen LogP contribution in [0.4, 0.5) is 0 Å². The number of nitrogens with one attached hydrogen (secondary N) is 3. The third kappa shape index (κ3) is 8.16. The first-order valence-corrected chi connectivity index (χ1v) is 22.5. The van der Waals surface area contributed by atoms with Crippen molar-refractivity contribution in [3.63, 3.8) is 0 Å². The average molecular weight is 840 g/mol. The number of aromatic nitrogens is 4. The van der Waals surface area contributed by atoms with E-state index in [1.54, 1.807) is 0 Å². The minimum absolute atomic E-state index is 0.0247. The number of methoxy groups -OCH3 is 1. The number of aryl methyl sites for hydroxylation is 2. The molecular formula is C50H61N7O5. The molecule has 3 N–H and O–H groups in total. The SMILES string of the molecule is COC(=O)C(C)C(C)C(C(=O)N1CCCC1c1ncc(-c2ccc3c(c2)CCc2cc(-c4ccc5nc(C6CCCN6C(=O)C(NC(C)=O)C(C)C)[nH]c5c4)ccc2-3)[nH]1)C(C)C. The van der Waals surface area contributed by atoms with Crippen molar-refractivity contribution in [3.05, 3.63) is 83.6 Å². The van der Waals surface area contributed by atoms with Gasteiger partial charge in [-0.25, -0.2) is 9.97 Å². The van der Waals surface area contributed by atoms with Gasteiger partial charge in [0.05, 0.1) is 48.0 Å². The van der Waals surface area contributed by atoms with Crippen molar-refractivity contribution in [2.75, 3.05) is 20.2 Å². The Bertz CT molecular complexity index is 2500. The molecule has 3 aliphatic rings. The summed E-state index contributed by atoms with van der Waals surface area (Å²) in [5.41, 5.74) is 11.2. The zero-order valence-corrected chi connectivity index (χ0v) is 37.4. The van der Waals surface area contributed by atoms with E-state index in [1.807, 2.05) is 43.7 Å². The zero-order chi connectivity index (χ0) is 44.0. The van der Waals surface area contributed by atoms with E-state index >= 15 is 0 Å². The maximum atomic E-state index is 14.2. The van der Waals surface area contributed by atoms with E-state index in [0.29, 0.717) is 13.1 Å². The fraction of sp³-hybridized carbons (Fsp3) is 0.480. The molecule has 6 unspecified atom stereocenters. The number of amides is 3. The molecule has 2 saturated heterocycles. The highest BCUT2D eigenvalue weighted by atomic mass is 16.5. The van der Waals surface area contributed by atoms with Gasteiger partial charge in [0.1, 0.15) is 17.7 Å². The van der Waals surface area contributed by atoms with Crippen molar-refractivity contribution in [2.45, 2.75) is 105 Å². The molecule has 0 bridgehead atoms. The van der Waals surface area contributed by atoms with Crippen LogP contribution in [0.1, 0.15) is 109 Å². The van der Waals surface area contributed by atoms with Crippen molar-refractivity contribution >= 4 is 34.7 Å². The first-order valence-electron chi connectivity index (χ1n) is 22.5. The number of fused-ring (bicyclic) bond motifs is 4. The highest BCUT2D eigenvalue weighted by Crippen LogP contribution is 2.41. The number of hydrogen-bond acceptors (Lipinski definition) is 7. The van der Waals surface area contributed by atoms with Crippen molar-refractivity contribution in [2.24, 2.45) is 29.6 Å². The Morgan fingerprint density at radius 3 is 1.97 bits per heavy atom. The fourth-order valence-electron chi connectivity index (χ4n) is 10.3. The quantitative estimate of drug-likeness (QED) is 0.106. The van der Waals surface area contributed by atoms with E-state index in [4.69, 9.17) is 14.7 Å². The molecule has 0 saturated carbocycles. The molecule has 2 aliphatic heterocycles. The summed E-state index contributed by atoms with van der Waals surface area (Å²) < 4.78 is 5.03. The van der Waals surface area contributed by atoms with Gasteiger partial charge in [0.2, 0.25) is 17.7 Å². The molecule has 3 amide bonds. The summed E-state index contributed by atoms with van der Waals surface area (Å²) in [5.74, 6) is 0.320. The van der Waals surface area contributed by atoms with Crippen molar-refractivity contribution < 1.29 is 23.9 Å². The maximum Gasteiger partial charge on any atom is 0.308 e. The lowest BCUT2D eigenvalue weighted by Crippen LogP contribution is -2.50.